The molecule has 24 heavy (non-hydrogen) atoms. The van der Waals surface area contributed by atoms with E-state index in [1.807, 2.05) is 0 Å². The van der Waals surface area contributed by atoms with E-state index in [1.54, 1.807) is 13.0 Å². The van der Waals surface area contributed by atoms with Crippen LogP contribution in [0.1, 0.15) is 6.92 Å². The molecule has 1 heterocycles. The average Bonchev–Trinajstić information content (AvgIpc) is 2.50. The van der Waals surface area contributed by atoms with Gasteiger partial charge in [-0.1, -0.05) is 15.9 Å². The average molecular weight is 400 g/mol. The smallest absolute Gasteiger partial charge is 0.353 e. The van der Waals surface area contributed by atoms with E-state index < -0.39 is 10.7 Å². The van der Waals surface area contributed by atoms with Crippen molar-refractivity contribution >= 4 is 38.9 Å². The monoisotopic (exact) mass is 399 g/mol. The van der Waals surface area contributed by atoms with Crippen molar-refractivity contribution in [3.8, 4) is 0 Å². The van der Waals surface area contributed by atoms with Gasteiger partial charge in [0.2, 0.25) is 11.6 Å². The lowest BCUT2D eigenvalue weighted by molar-refractivity contribution is -0.383. The first-order valence-electron chi connectivity index (χ1n) is 6.89. The molecule has 0 aliphatic carbocycles. The van der Waals surface area contributed by atoms with Crippen LogP contribution in [-0.4, -0.2) is 34.6 Å². The number of rotatable bonds is 7. The number of hydrogen-bond acceptors (Lipinski definition) is 7. The number of anilines is 3. The van der Waals surface area contributed by atoms with Crippen LogP contribution in [0.25, 0.3) is 0 Å². The Hall–Kier alpha value is -2.33. The van der Waals surface area contributed by atoms with Gasteiger partial charge in [0.05, 0.1) is 17.2 Å². The van der Waals surface area contributed by atoms with Crippen LogP contribution in [0, 0.1) is 15.9 Å². The summed E-state index contributed by atoms with van der Waals surface area (Å²) in [5.74, 6) is -0.651. The minimum atomic E-state index is -0.624. The third-order valence-corrected chi connectivity index (χ3v) is 3.48. The Balaban J connectivity index is 2.37. The molecule has 0 aliphatic heterocycles. The normalized spacial score (nSPS) is 11.8. The van der Waals surface area contributed by atoms with Gasteiger partial charge in [-0.05, 0) is 25.1 Å². The largest absolute Gasteiger partial charge is 0.383 e. The molecule has 0 saturated carbocycles. The first kappa shape index (κ1) is 18.0. The highest BCUT2D eigenvalue weighted by Crippen LogP contribution is 2.32. The highest BCUT2D eigenvalue weighted by Gasteiger charge is 2.24. The van der Waals surface area contributed by atoms with Gasteiger partial charge in [-0.2, -0.15) is 0 Å². The first-order valence-corrected chi connectivity index (χ1v) is 7.68. The third kappa shape index (κ3) is 4.36. The fourth-order valence-corrected chi connectivity index (χ4v) is 2.33. The molecule has 0 amide bonds. The van der Waals surface area contributed by atoms with Gasteiger partial charge in [-0.15, -0.1) is 0 Å². The van der Waals surface area contributed by atoms with Gasteiger partial charge in [-0.3, -0.25) is 10.1 Å². The number of nitrogens with zero attached hydrogens (tertiary/aromatic N) is 3. The molecule has 2 aromatic rings. The standard InChI is InChI=1S/C14H15BrFN5O3/c1-8(6-24-2)19-13-12(21(22)23)14(18-7-17-13)20-11-4-3-9(15)5-10(11)16/h3-5,7-8H,6H2,1-2H3,(H2,17,18,19,20). The van der Waals surface area contributed by atoms with Crippen LogP contribution in [0.2, 0.25) is 0 Å². The van der Waals surface area contributed by atoms with Gasteiger partial charge < -0.3 is 15.4 Å². The second-order valence-corrected chi connectivity index (χ2v) is 5.84. The molecular weight excluding hydrogens is 385 g/mol. The molecule has 2 N–H and O–H groups in total. The van der Waals surface area contributed by atoms with Gasteiger partial charge in [-0.25, -0.2) is 14.4 Å². The van der Waals surface area contributed by atoms with E-state index in [2.05, 4.69) is 36.5 Å². The van der Waals surface area contributed by atoms with Crippen molar-refractivity contribution < 1.29 is 14.1 Å². The quantitative estimate of drug-likeness (QED) is 0.542. The van der Waals surface area contributed by atoms with E-state index in [0.29, 0.717) is 11.1 Å². The molecule has 0 fully saturated rings. The number of benzene rings is 1. The minimum Gasteiger partial charge on any atom is -0.383 e. The number of methoxy groups -OCH3 is 1. The van der Waals surface area contributed by atoms with E-state index in [-0.39, 0.29) is 29.1 Å². The summed E-state index contributed by atoms with van der Waals surface area (Å²) in [6.07, 6.45) is 1.16. The molecule has 0 spiro atoms. The molecule has 2 rings (SSSR count). The number of nitrogens with one attached hydrogen (secondary N) is 2. The summed E-state index contributed by atoms with van der Waals surface area (Å²) in [7, 11) is 1.52. The van der Waals surface area contributed by atoms with Crippen molar-refractivity contribution in [2.75, 3.05) is 24.4 Å². The predicted octanol–water partition coefficient (Wildman–Crippen LogP) is 3.48. The van der Waals surface area contributed by atoms with Crippen molar-refractivity contribution in [2.24, 2.45) is 0 Å². The highest BCUT2D eigenvalue weighted by atomic mass is 79.9. The zero-order valence-electron chi connectivity index (χ0n) is 12.9. The number of halogens is 2. The van der Waals surface area contributed by atoms with Gasteiger partial charge in [0.25, 0.3) is 0 Å². The Bertz CT molecular complexity index is 746. The SMILES string of the molecule is COCC(C)Nc1ncnc(Nc2ccc(Br)cc2F)c1[N+](=O)[O-]. The maximum absolute atomic E-state index is 13.9. The van der Waals surface area contributed by atoms with E-state index in [4.69, 9.17) is 4.74 Å². The number of nitro groups is 1. The maximum Gasteiger partial charge on any atom is 0.353 e. The Morgan fingerprint density at radius 2 is 2.12 bits per heavy atom. The number of aromatic nitrogens is 2. The van der Waals surface area contributed by atoms with Crippen molar-refractivity contribution in [1.29, 1.82) is 0 Å². The summed E-state index contributed by atoms with van der Waals surface area (Å²) in [6.45, 7) is 2.13. The number of ether oxygens (including phenoxy) is 1. The van der Waals surface area contributed by atoms with Crippen LogP contribution in [0.15, 0.2) is 29.0 Å². The molecule has 1 aromatic heterocycles. The molecule has 0 aliphatic rings. The lowest BCUT2D eigenvalue weighted by Gasteiger charge is -2.14. The van der Waals surface area contributed by atoms with Crippen LogP contribution < -0.4 is 10.6 Å². The zero-order chi connectivity index (χ0) is 17.7. The second-order valence-electron chi connectivity index (χ2n) is 4.93. The van der Waals surface area contributed by atoms with Crippen molar-refractivity contribution in [3.63, 3.8) is 0 Å². The summed E-state index contributed by atoms with van der Waals surface area (Å²) < 4.78 is 19.5. The fraction of sp³-hybridized carbons (Fsp3) is 0.286. The molecule has 1 unspecified atom stereocenters. The third-order valence-electron chi connectivity index (χ3n) is 2.99. The lowest BCUT2D eigenvalue weighted by atomic mass is 10.3. The molecule has 10 heteroatoms. The second kappa shape index (κ2) is 7.97. The molecule has 1 aromatic carbocycles. The molecule has 0 radical (unpaired) electrons. The van der Waals surface area contributed by atoms with E-state index in [0.717, 1.165) is 6.33 Å². The summed E-state index contributed by atoms with van der Waals surface area (Å²) in [5.41, 5.74) is -0.307. The van der Waals surface area contributed by atoms with Crippen LogP contribution in [0.5, 0.6) is 0 Å². The Morgan fingerprint density at radius 1 is 1.42 bits per heavy atom. The topological polar surface area (TPSA) is 102 Å². The zero-order valence-corrected chi connectivity index (χ0v) is 14.5. The first-order chi connectivity index (χ1) is 11.4. The van der Waals surface area contributed by atoms with Crippen LogP contribution in [-0.2, 0) is 4.74 Å². The van der Waals surface area contributed by atoms with E-state index >= 15 is 0 Å². The van der Waals surface area contributed by atoms with Crippen molar-refractivity contribution in [1.82, 2.24) is 9.97 Å². The summed E-state index contributed by atoms with van der Waals surface area (Å²) in [4.78, 5) is 18.6. The molecule has 0 bridgehead atoms. The molecular formula is C14H15BrFN5O3. The molecule has 1 atom stereocenters. The highest BCUT2D eigenvalue weighted by molar-refractivity contribution is 9.10. The molecule has 8 nitrogen and oxygen atoms in total. The number of hydrogen-bond donors (Lipinski definition) is 2. The predicted molar refractivity (Wildman–Crippen MR) is 91.0 cm³/mol. The minimum absolute atomic E-state index is 0.0274. The van der Waals surface area contributed by atoms with Crippen LogP contribution in [0.4, 0.5) is 27.4 Å². The summed E-state index contributed by atoms with van der Waals surface area (Å²) in [6, 6.07) is 4.10. The fourth-order valence-electron chi connectivity index (χ4n) is 1.99. The Morgan fingerprint density at radius 3 is 2.75 bits per heavy atom. The molecule has 128 valence electrons. The van der Waals surface area contributed by atoms with E-state index in [1.165, 1.54) is 19.2 Å². The molecule has 0 saturated heterocycles. The van der Waals surface area contributed by atoms with Gasteiger partial charge in [0.1, 0.15) is 12.1 Å². The Kier molecular flexibility index (Phi) is 5.99. The van der Waals surface area contributed by atoms with Gasteiger partial charge in [0.15, 0.2) is 0 Å². The van der Waals surface area contributed by atoms with Crippen LogP contribution in [0.3, 0.4) is 0 Å². The van der Waals surface area contributed by atoms with Crippen LogP contribution >= 0.6 is 15.9 Å². The maximum atomic E-state index is 13.9. The van der Waals surface area contributed by atoms with Crippen molar-refractivity contribution in [2.45, 2.75) is 13.0 Å². The van der Waals surface area contributed by atoms with Gasteiger partial charge >= 0.3 is 5.69 Å². The Labute approximate surface area is 145 Å². The summed E-state index contributed by atoms with van der Waals surface area (Å²) in [5, 5.41) is 16.9. The van der Waals surface area contributed by atoms with Gasteiger partial charge in [0, 0.05) is 17.6 Å². The lowest BCUT2D eigenvalue weighted by Crippen LogP contribution is -2.22. The summed E-state index contributed by atoms with van der Waals surface area (Å²) >= 11 is 3.15. The van der Waals surface area contributed by atoms with E-state index in [9.17, 15) is 14.5 Å². The van der Waals surface area contributed by atoms with Crippen molar-refractivity contribution in [3.05, 3.63) is 44.9 Å².